The number of hydrogen-bond acceptors (Lipinski definition) is 6. The van der Waals surface area contributed by atoms with Gasteiger partial charge in [-0.15, -0.1) is 0 Å². The van der Waals surface area contributed by atoms with Crippen molar-refractivity contribution < 1.29 is 13.4 Å². The Balaban J connectivity index is 1.77. The number of fused-ring (bicyclic) bond motifs is 1. The number of nitrogens with zero attached hydrogens (tertiary/aromatic N) is 3. The molecule has 2 aromatic carbocycles. The third-order valence-corrected chi connectivity index (χ3v) is 7.56. The Morgan fingerprint density at radius 1 is 1.29 bits per heavy atom. The quantitative estimate of drug-likeness (QED) is 0.438. The van der Waals surface area contributed by atoms with Crippen LogP contribution >= 0.6 is 11.6 Å². The maximum Gasteiger partial charge on any atom is 0.262 e. The maximum absolute atomic E-state index is 13.9. The summed E-state index contributed by atoms with van der Waals surface area (Å²) in [5.74, 6) is -0.0408. The second kappa shape index (κ2) is 12.4. The maximum atomic E-state index is 13.9. The molecule has 38 heavy (non-hydrogen) atoms. The van der Waals surface area contributed by atoms with Crippen LogP contribution in [0.2, 0.25) is 5.02 Å². The van der Waals surface area contributed by atoms with Crippen molar-refractivity contribution in [2.24, 2.45) is 0 Å². The molecule has 204 valence electrons. The number of rotatable bonds is 8. The lowest BCUT2D eigenvalue weighted by molar-refractivity contribution is -0.122. The molecule has 2 N–H and O–H groups in total. The Labute approximate surface area is 229 Å². The predicted molar refractivity (Wildman–Crippen MR) is 152 cm³/mol. The van der Waals surface area contributed by atoms with Crippen LogP contribution in [-0.4, -0.2) is 63.4 Å². The number of benzene rings is 2. The predicted octanol–water partition coefficient (Wildman–Crippen LogP) is 3.32. The van der Waals surface area contributed by atoms with Crippen molar-refractivity contribution in [1.29, 1.82) is 0 Å². The van der Waals surface area contributed by atoms with Crippen LogP contribution in [0.3, 0.4) is 0 Å². The van der Waals surface area contributed by atoms with Gasteiger partial charge < -0.3 is 15.5 Å². The van der Waals surface area contributed by atoms with E-state index in [-0.39, 0.29) is 40.9 Å². The van der Waals surface area contributed by atoms with Gasteiger partial charge >= 0.3 is 0 Å². The topological polar surface area (TPSA) is 96.3 Å². The first kappa shape index (κ1) is 28.2. The van der Waals surface area contributed by atoms with Gasteiger partial charge in [0, 0.05) is 59.2 Å². The highest BCUT2D eigenvalue weighted by Crippen LogP contribution is 2.26. The van der Waals surface area contributed by atoms with Crippen LogP contribution in [0.1, 0.15) is 26.7 Å². The summed E-state index contributed by atoms with van der Waals surface area (Å²) >= 11 is 6.02. The summed E-state index contributed by atoms with van der Waals surface area (Å²) in [7, 11) is -0.856. The number of nitrogens with one attached hydrogen (secondary N) is 2. The second-order valence-electron chi connectivity index (χ2n) is 9.90. The van der Waals surface area contributed by atoms with E-state index in [0.29, 0.717) is 22.2 Å². The average Bonchev–Trinajstić information content (AvgIpc) is 3.11. The molecule has 0 saturated carbocycles. The Kier molecular flexibility index (Phi) is 9.17. The Morgan fingerprint density at radius 3 is 2.79 bits per heavy atom. The van der Waals surface area contributed by atoms with Gasteiger partial charge in [0.15, 0.2) is 0 Å². The Hall–Kier alpha value is -2.82. The molecular weight excluding hydrogens is 529 g/mol. The van der Waals surface area contributed by atoms with E-state index in [1.165, 1.54) is 22.8 Å². The number of carbonyl (C=O) groups is 1. The summed E-state index contributed by atoms with van der Waals surface area (Å²) in [6.07, 6.45) is 3.45. The molecule has 2 unspecified atom stereocenters. The van der Waals surface area contributed by atoms with Gasteiger partial charge in [-0.1, -0.05) is 11.6 Å². The van der Waals surface area contributed by atoms with Gasteiger partial charge in [0.05, 0.1) is 15.9 Å². The van der Waals surface area contributed by atoms with Crippen molar-refractivity contribution >= 4 is 44.9 Å². The SMILES string of the molecule is CC(C)NC(=O)Cn1c(-c2ccc(F)c(Cl)c2)nc2ccc(N3CCCNC(CCS(C)=O)C3)cc2c1=O. The Bertz CT molecular complexity index is 1410. The monoisotopic (exact) mass is 561 g/mol. The van der Waals surface area contributed by atoms with Gasteiger partial charge in [0.1, 0.15) is 18.2 Å². The fourth-order valence-corrected chi connectivity index (χ4v) is 5.45. The van der Waals surface area contributed by atoms with E-state index >= 15 is 0 Å². The minimum Gasteiger partial charge on any atom is -0.370 e. The smallest absolute Gasteiger partial charge is 0.262 e. The third kappa shape index (κ3) is 6.78. The minimum absolute atomic E-state index is 0.0957. The molecule has 0 spiro atoms. The molecule has 0 aliphatic carbocycles. The fourth-order valence-electron chi connectivity index (χ4n) is 4.65. The molecule has 3 aromatic rings. The number of anilines is 1. The first-order chi connectivity index (χ1) is 18.1. The molecule has 8 nitrogen and oxygen atoms in total. The normalized spacial score (nSPS) is 17.0. The lowest BCUT2D eigenvalue weighted by atomic mass is 10.1. The van der Waals surface area contributed by atoms with E-state index in [4.69, 9.17) is 16.6 Å². The second-order valence-corrected chi connectivity index (χ2v) is 11.9. The number of halogens is 2. The van der Waals surface area contributed by atoms with E-state index in [9.17, 15) is 18.2 Å². The van der Waals surface area contributed by atoms with Gasteiger partial charge in [0.25, 0.3) is 5.56 Å². The van der Waals surface area contributed by atoms with E-state index in [1.807, 2.05) is 26.0 Å². The highest BCUT2D eigenvalue weighted by Gasteiger charge is 2.21. The van der Waals surface area contributed by atoms with Crippen LogP contribution in [0, 0.1) is 5.82 Å². The summed E-state index contributed by atoms with van der Waals surface area (Å²) in [6, 6.07) is 9.77. The van der Waals surface area contributed by atoms with Gasteiger partial charge in [-0.05, 0) is 69.6 Å². The number of carbonyl (C=O) groups excluding carboxylic acids is 1. The van der Waals surface area contributed by atoms with Crippen LogP contribution in [0.15, 0.2) is 41.2 Å². The highest BCUT2D eigenvalue weighted by atomic mass is 35.5. The van der Waals surface area contributed by atoms with Crippen molar-refractivity contribution in [3.05, 3.63) is 57.6 Å². The van der Waals surface area contributed by atoms with Crippen molar-refractivity contribution in [3.63, 3.8) is 0 Å². The largest absolute Gasteiger partial charge is 0.370 e. The number of hydrogen-bond donors (Lipinski definition) is 2. The van der Waals surface area contributed by atoms with Gasteiger partial charge in [-0.25, -0.2) is 9.37 Å². The molecule has 2 heterocycles. The molecule has 11 heteroatoms. The molecular formula is C27H33ClFN5O3S. The molecule has 1 amide bonds. The molecule has 2 atom stereocenters. The average molecular weight is 562 g/mol. The van der Waals surface area contributed by atoms with Crippen LogP contribution in [0.25, 0.3) is 22.3 Å². The molecule has 1 fully saturated rings. The van der Waals surface area contributed by atoms with Crippen molar-refractivity contribution in [2.45, 2.75) is 45.3 Å². The first-order valence-electron chi connectivity index (χ1n) is 12.7. The summed E-state index contributed by atoms with van der Waals surface area (Å²) in [5, 5.41) is 6.63. The summed E-state index contributed by atoms with van der Waals surface area (Å²) in [6.45, 7) is 5.86. The zero-order chi connectivity index (χ0) is 27.4. The third-order valence-electron chi connectivity index (χ3n) is 6.46. The summed E-state index contributed by atoms with van der Waals surface area (Å²) < 4.78 is 26.8. The van der Waals surface area contributed by atoms with Crippen LogP contribution < -0.4 is 21.1 Å². The summed E-state index contributed by atoms with van der Waals surface area (Å²) in [5.41, 5.74) is 1.43. The summed E-state index contributed by atoms with van der Waals surface area (Å²) in [4.78, 5) is 33.4. The fraction of sp³-hybridized carbons (Fsp3) is 0.444. The molecule has 1 aliphatic heterocycles. The number of amides is 1. The van der Waals surface area contributed by atoms with Crippen molar-refractivity contribution in [2.75, 3.05) is 36.5 Å². The van der Waals surface area contributed by atoms with E-state index in [1.54, 1.807) is 12.3 Å². The lowest BCUT2D eigenvalue weighted by Crippen LogP contribution is -2.38. The van der Waals surface area contributed by atoms with E-state index in [2.05, 4.69) is 15.5 Å². The van der Waals surface area contributed by atoms with Crippen molar-refractivity contribution in [3.8, 4) is 11.4 Å². The highest BCUT2D eigenvalue weighted by molar-refractivity contribution is 7.84. The molecule has 0 radical (unpaired) electrons. The minimum atomic E-state index is -0.856. The first-order valence-corrected chi connectivity index (χ1v) is 14.8. The molecule has 1 aromatic heterocycles. The van der Waals surface area contributed by atoms with Gasteiger partial charge in [0.2, 0.25) is 5.91 Å². The Morgan fingerprint density at radius 2 is 2.08 bits per heavy atom. The molecule has 4 rings (SSSR count). The molecule has 1 saturated heterocycles. The van der Waals surface area contributed by atoms with Crippen LogP contribution in [0.4, 0.5) is 10.1 Å². The van der Waals surface area contributed by atoms with Crippen LogP contribution in [-0.2, 0) is 22.1 Å². The van der Waals surface area contributed by atoms with E-state index in [0.717, 1.165) is 38.2 Å². The van der Waals surface area contributed by atoms with Crippen LogP contribution in [0.5, 0.6) is 0 Å². The molecule has 1 aliphatic rings. The van der Waals surface area contributed by atoms with Crippen molar-refractivity contribution in [1.82, 2.24) is 20.2 Å². The lowest BCUT2D eigenvalue weighted by Gasteiger charge is -2.27. The van der Waals surface area contributed by atoms with Gasteiger partial charge in [-0.3, -0.25) is 18.4 Å². The number of aromatic nitrogens is 2. The van der Waals surface area contributed by atoms with Gasteiger partial charge in [-0.2, -0.15) is 0 Å². The molecule has 0 bridgehead atoms. The standard InChI is InChI=1S/C27H33ClFN5O3S/c1-17(2)31-25(35)16-34-26(18-5-7-23(29)22(28)13-18)32-24-8-6-20(14-21(24)27(34)36)33-11-4-10-30-19(15-33)9-12-38(3)37/h5-8,13-14,17,19,30H,4,9-12,15-16H2,1-3H3,(H,31,35). The van der Waals surface area contributed by atoms with E-state index < -0.39 is 16.6 Å². The zero-order valence-electron chi connectivity index (χ0n) is 21.8. The zero-order valence-corrected chi connectivity index (χ0v) is 23.4.